The van der Waals surface area contributed by atoms with Gasteiger partial charge in [-0.3, -0.25) is 0 Å². The maximum absolute atomic E-state index is 12.5. The first-order valence-corrected chi connectivity index (χ1v) is 14.0. The Kier molecular flexibility index (Phi) is 12.4. The number of benzene rings is 3. The molecule has 0 aromatic heterocycles. The third kappa shape index (κ3) is 10.5. The number of esters is 2. The van der Waals surface area contributed by atoms with Crippen LogP contribution in [0.25, 0.3) is 0 Å². The normalized spacial score (nSPS) is 11.5. The van der Waals surface area contributed by atoms with Gasteiger partial charge in [-0.25, -0.2) is 9.59 Å². The summed E-state index contributed by atoms with van der Waals surface area (Å²) >= 11 is 0. The highest BCUT2D eigenvalue weighted by Crippen LogP contribution is 2.21. The first-order valence-electron chi connectivity index (χ1n) is 14.0. The molecule has 6 heteroatoms. The van der Waals surface area contributed by atoms with Gasteiger partial charge in [0.05, 0.1) is 24.3 Å². The van der Waals surface area contributed by atoms with Crippen LogP contribution in [-0.2, 0) is 0 Å². The molecule has 1 unspecified atom stereocenters. The highest BCUT2D eigenvalue weighted by atomic mass is 16.5. The van der Waals surface area contributed by atoms with Gasteiger partial charge in [-0.15, -0.1) is 0 Å². The van der Waals surface area contributed by atoms with E-state index in [1.54, 1.807) is 72.8 Å². The summed E-state index contributed by atoms with van der Waals surface area (Å²) in [6.07, 6.45) is 7.90. The van der Waals surface area contributed by atoms with Gasteiger partial charge in [0, 0.05) is 0 Å². The van der Waals surface area contributed by atoms with Gasteiger partial charge in [0.1, 0.15) is 23.0 Å². The molecule has 0 saturated carbocycles. The van der Waals surface area contributed by atoms with Crippen LogP contribution in [0, 0.1) is 5.92 Å². The molecule has 0 bridgehead atoms. The monoisotopic (exact) mass is 532 g/mol. The minimum atomic E-state index is -0.499. The van der Waals surface area contributed by atoms with Crippen LogP contribution in [0.15, 0.2) is 72.8 Å². The van der Waals surface area contributed by atoms with Crippen molar-refractivity contribution in [3.05, 3.63) is 83.9 Å². The molecule has 0 radical (unpaired) electrons. The molecule has 0 amide bonds. The second kappa shape index (κ2) is 16.2. The number of rotatable bonds is 16. The van der Waals surface area contributed by atoms with Gasteiger partial charge in [-0.1, -0.05) is 46.5 Å². The molecule has 6 nitrogen and oxygen atoms in total. The van der Waals surface area contributed by atoms with Crippen molar-refractivity contribution in [1.29, 1.82) is 0 Å². The van der Waals surface area contributed by atoms with Crippen LogP contribution in [0.1, 0.15) is 86.4 Å². The minimum absolute atomic E-state index is 0.336. The summed E-state index contributed by atoms with van der Waals surface area (Å²) in [6.45, 7) is 7.94. The van der Waals surface area contributed by atoms with Crippen molar-refractivity contribution < 1.29 is 28.5 Å². The maximum Gasteiger partial charge on any atom is 0.343 e. The van der Waals surface area contributed by atoms with Gasteiger partial charge in [-0.05, 0) is 98.0 Å². The summed E-state index contributed by atoms with van der Waals surface area (Å²) in [4.78, 5) is 25.1. The molecular weight excluding hydrogens is 492 g/mol. The van der Waals surface area contributed by atoms with Crippen LogP contribution < -0.4 is 18.9 Å². The average Bonchev–Trinajstić information content (AvgIpc) is 2.96. The molecule has 39 heavy (non-hydrogen) atoms. The standard InChI is InChI=1S/C33H40O6/c1-4-6-7-8-23-36-29-19-21-31(22-20-29)39-33(35)27-13-17-30(18-14-27)38-32(34)26-11-15-28(16-12-26)37-24-9-10-25(3)5-2/h11-22,25H,4-10,23-24H2,1-3H3. The third-order valence-electron chi connectivity index (χ3n) is 6.50. The van der Waals surface area contributed by atoms with Crippen molar-refractivity contribution in [2.45, 2.75) is 65.7 Å². The van der Waals surface area contributed by atoms with Crippen molar-refractivity contribution in [2.75, 3.05) is 13.2 Å². The number of ether oxygens (including phenoxy) is 4. The largest absolute Gasteiger partial charge is 0.494 e. The van der Waals surface area contributed by atoms with Crippen molar-refractivity contribution in [1.82, 2.24) is 0 Å². The lowest BCUT2D eigenvalue weighted by atomic mass is 10.0. The maximum atomic E-state index is 12.5. The van der Waals surface area contributed by atoms with E-state index in [1.807, 2.05) is 0 Å². The third-order valence-corrected chi connectivity index (χ3v) is 6.50. The van der Waals surface area contributed by atoms with E-state index < -0.39 is 11.9 Å². The summed E-state index contributed by atoms with van der Waals surface area (Å²) < 4.78 is 22.4. The van der Waals surface area contributed by atoms with Crippen molar-refractivity contribution >= 4 is 11.9 Å². The zero-order valence-electron chi connectivity index (χ0n) is 23.3. The zero-order valence-corrected chi connectivity index (χ0v) is 23.3. The first-order chi connectivity index (χ1) is 19.0. The molecular formula is C33H40O6. The predicted octanol–water partition coefficient (Wildman–Crippen LogP) is 8.29. The smallest absolute Gasteiger partial charge is 0.343 e. The Morgan fingerprint density at radius 3 is 1.51 bits per heavy atom. The Balaban J connectivity index is 1.43. The molecule has 0 fully saturated rings. The van der Waals surface area contributed by atoms with E-state index in [0.29, 0.717) is 41.8 Å². The molecule has 0 N–H and O–H groups in total. The average molecular weight is 533 g/mol. The topological polar surface area (TPSA) is 71.1 Å². The summed E-state index contributed by atoms with van der Waals surface area (Å²) in [5, 5.41) is 0. The summed E-state index contributed by atoms with van der Waals surface area (Å²) in [5.74, 6) is 1.95. The van der Waals surface area contributed by atoms with Crippen LogP contribution >= 0.6 is 0 Å². The second-order valence-electron chi connectivity index (χ2n) is 9.71. The van der Waals surface area contributed by atoms with E-state index in [-0.39, 0.29) is 0 Å². The Morgan fingerprint density at radius 1 is 0.590 bits per heavy atom. The molecule has 0 aliphatic rings. The fourth-order valence-corrected chi connectivity index (χ4v) is 3.83. The van der Waals surface area contributed by atoms with Gasteiger partial charge >= 0.3 is 11.9 Å². The molecule has 208 valence electrons. The van der Waals surface area contributed by atoms with Gasteiger partial charge in [-0.2, -0.15) is 0 Å². The zero-order chi connectivity index (χ0) is 27.9. The molecule has 0 saturated heterocycles. The fourth-order valence-electron chi connectivity index (χ4n) is 3.83. The number of carbonyl (C=O) groups excluding carboxylic acids is 2. The highest BCUT2D eigenvalue weighted by Gasteiger charge is 2.12. The minimum Gasteiger partial charge on any atom is -0.494 e. The Morgan fingerprint density at radius 2 is 1.03 bits per heavy atom. The van der Waals surface area contributed by atoms with Gasteiger partial charge in [0.25, 0.3) is 0 Å². The highest BCUT2D eigenvalue weighted by molar-refractivity contribution is 5.92. The van der Waals surface area contributed by atoms with E-state index >= 15 is 0 Å². The molecule has 0 aliphatic heterocycles. The first kappa shape index (κ1) is 29.8. The van der Waals surface area contributed by atoms with Crippen LogP contribution in [0.4, 0.5) is 0 Å². The van der Waals surface area contributed by atoms with Crippen LogP contribution in [0.5, 0.6) is 23.0 Å². The van der Waals surface area contributed by atoms with E-state index in [9.17, 15) is 9.59 Å². The lowest BCUT2D eigenvalue weighted by molar-refractivity contribution is 0.0730. The molecule has 0 spiro atoms. The van der Waals surface area contributed by atoms with E-state index in [4.69, 9.17) is 18.9 Å². The number of hydrogen-bond acceptors (Lipinski definition) is 6. The van der Waals surface area contributed by atoms with Gasteiger partial charge in [0.15, 0.2) is 0 Å². The summed E-state index contributed by atoms with van der Waals surface area (Å²) in [7, 11) is 0. The van der Waals surface area contributed by atoms with Gasteiger partial charge in [0.2, 0.25) is 0 Å². The fraction of sp³-hybridized carbons (Fsp3) is 0.394. The Bertz CT molecular complexity index is 1140. The number of carbonyl (C=O) groups is 2. The van der Waals surface area contributed by atoms with Crippen molar-refractivity contribution in [2.24, 2.45) is 5.92 Å². The van der Waals surface area contributed by atoms with Crippen molar-refractivity contribution in [3.8, 4) is 23.0 Å². The molecule has 3 rings (SSSR count). The number of unbranched alkanes of at least 4 members (excludes halogenated alkanes) is 3. The van der Waals surface area contributed by atoms with Crippen LogP contribution in [0.2, 0.25) is 0 Å². The van der Waals surface area contributed by atoms with E-state index in [0.717, 1.165) is 37.2 Å². The molecule has 3 aromatic carbocycles. The van der Waals surface area contributed by atoms with Crippen molar-refractivity contribution in [3.63, 3.8) is 0 Å². The Labute approximate surface area is 232 Å². The number of hydrogen-bond donors (Lipinski definition) is 0. The van der Waals surface area contributed by atoms with E-state index in [2.05, 4.69) is 20.8 Å². The lowest BCUT2D eigenvalue weighted by Gasteiger charge is -2.10. The lowest BCUT2D eigenvalue weighted by Crippen LogP contribution is -2.10. The van der Waals surface area contributed by atoms with E-state index in [1.165, 1.54) is 19.3 Å². The molecule has 1 atom stereocenters. The SMILES string of the molecule is CCCCCCOc1ccc(OC(=O)c2ccc(OC(=O)c3ccc(OCCCC(C)CC)cc3)cc2)cc1. The predicted molar refractivity (Wildman–Crippen MR) is 153 cm³/mol. The van der Waals surface area contributed by atoms with Crippen LogP contribution in [-0.4, -0.2) is 25.2 Å². The van der Waals surface area contributed by atoms with Crippen LogP contribution in [0.3, 0.4) is 0 Å². The quantitative estimate of drug-likeness (QED) is 0.105. The molecule has 3 aromatic rings. The second-order valence-corrected chi connectivity index (χ2v) is 9.71. The molecule has 0 heterocycles. The summed E-state index contributed by atoms with van der Waals surface area (Å²) in [6, 6.07) is 20.2. The Hall–Kier alpha value is -3.80. The van der Waals surface area contributed by atoms with Gasteiger partial charge < -0.3 is 18.9 Å². The molecule has 0 aliphatic carbocycles. The summed E-state index contributed by atoms with van der Waals surface area (Å²) in [5.41, 5.74) is 0.764.